The summed E-state index contributed by atoms with van der Waals surface area (Å²) in [5.74, 6) is 0. The van der Waals surface area contributed by atoms with Crippen LogP contribution in [0, 0.1) is 0 Å². The highest BCUT2D eigenvalue weighted by atomic mass is 15.2. The number of rotatable bonds is 8. The third kappa shape index (κ3) is 4.88. The van der Waals surface area contributed by atoms with Crippen molar-refractivity contribution in [2.45, 2.75) is 38.3 Å². The topological polar surface area (TPSA) is 33.1 Å². The van der Waals surface area contributed by atoms with E-state index in [0.717, 1.165) is 12.6 Å². The van der Waals surface area contributed by atoms with Crippen LogP contribution in [-0.4, -0.2) is 40.9 Å². The van der Waals surface area contributed by atoms with Gasteiger partial charge in [0, 0.05) is 31.4 Å². The molecule has 0 unspecified atom stereocenters. The van der Waals surface area contributed by atoms with Crippen LogP contribution in [0.25, 0.3) is 0 Å². The smallest absolute Gasteiger partial charge is 0.0534 e. The lowest BCUT2D eigenvalue weighted by Crippen LogP contribution is -2.21. The van der Waals surface area contributed by atoms with Crippen LogP contribution < -0.4 is 5.32 Å². The summed E-state index contributed by atoms with van der Waals surface area (Å²) in [5.41, 5.74) is 1.30. The first-order valence-electron chi connectivity index (χ1n) is 6.63. The Kier molecular flexibility index (Phi) is 4.57. The van der Waals surface area contributed by atoms with E-state index in [9.17, 15) is 0 Å². The van der Waals surface area contributed by atoms with E-state index in [0.29, 0.717) is 0 Å². The largest absolute Gasteiger partial charge is 0.314 e. The lowest BCUT2D eigenvalue weighted by Gasteiger charge is -2.15. The Morgan fingerprint density at radius 1 is 1.47 bits per heavy atom. The minimum absolute atomic E-state index is 0.850. The molecular formula is C13H24N4. The maximum Gasteiger partial charge on any atom is 0.0534 e. The molecule has 1 heterocycles. The van der Waals surface area contributed by atoms with Crippen LogP contribution >= 0.6 is 0 Å². The van der Waals surface area contributed by atoms with E-state index >= 15 is 0 Å². The molecule has 0 saturated heterocycles. The van der Waals surface area contributed by atoms with E-state index in [2.05, 4.69) is 28.6 Å². The van der Waals surface area contributed by atoms with Gasteiger partial charge in [0.15, 0.2) is 0 Å². The van der Waals surface area contributed by atoms with Crippen LogP contribution in [0.2, 0.25) is 0 Å². The maximum absolute atomic E-state index is 4.19. The second-order valence-corrected chi connectivity index (χ2v) is 5.20. The predicted molar refractivity (Wildman–Crippen MR) is 69.8 cm³/mol. The third-order valence-electron chi connectivity index (χ3n) is 3.19. The van der Waals surface area contributed by atoms with Gasteiger partial charge in [-0.3, -0.25) is 4.68 Å². The molecule has 2 rings (SSSR count). The van der Waals surface area contributed by atoms with E-state index in [-0.39, 0.29) is 0 Å². The van der Waals surface area contributed by atoms with Crippen molar-refractivity contribution in [1.29, 1.82) is 0 Å². The van der Waals surface area contributed by atoms with Crippen molar-refractivity contribution in [2.24, 2.45) is 7.05 Å². The first kappa shape index (κ1) is 12.6. The first-order chi connectivity index (χ1) is 8.24. The lowest BCUT2D eigenvalue weighted by molar-refractivity contribution is 0.317. The van der Waals surface area contributed by atoms with E-state index < -0.39 is 0 Å². The molecule has 0 aliphatic heterocycles. The average molecular weight is 236 g/mol. The molecule has 0 aromatic carbocycles. The summed E-state index contributed by atoms with van der Waals surface area (Å²) in [4.78, 5) is 2.37. The average Bonchev–Trinajstić information content (AvgIpc) is 3.02. The van der Waals surface area contributed by atoms with Gasteiger partial charge in [0.25, 0.3) is 0 Å². The summed E-state index contributed by atoms with van der Waals surface area (Å²) >= 11 is 0. The number of aryl methyl sites for hydroxylation is 1. The van der Waals surface area contributed by atoms with Crippen molar-refractivity contribution >= 4 is 0 Å². The van der Waals surface area contributed by atoms with Crippen molar-refractivity contribution in [3.05, 3.63) is 18.0 Å². The molecule has 17 heavy (non-hydrogen) atoms. The molecule has 1 fully saturated rings. The number of nitrogens with zero attached hydrogens (tertiary/aromatic N) is 3. The van der Waals surface area contributed by atoms with Crippen molar-refractivity contribution in [1.82, 2.24) is 20.0 Å². The lowest BCUT2D eigenvalue weighted by atomic mass is 10.2. The molecule has 0 amide bonds. The summed E-state index contributed by atoms with van der Waals surface area (Å²) in [6.45, 7) is 3.36. The first-order valence-corrected chi connectivity index (χ1v) is 6.63. The van der Waals surface area contributed by atoms with E-state index in [4.69, 9.17) is 0 Å². The molecule has 1 aliphatic carbocycles. The fourth-order valence-electron chi connectivity index (χ4n) is 2.04. The van der Waals surface area contributed by atoms with Crippen molar-refractivity contribution in [2.75, 3.05) is 20.1 Å². The Labute approximate surface area is 104 Å². The van der Waals surface area contributed by atoms with Gasteiger partial charge in [0.2, 0.25) is 0 Å². The van der Waals surface area contributed by atoms with Crippen LogP contribution in [0.3, 0.4) is 0 Å². The Morgan fingerprint density at radius 2 is 2.29 bits per heavy atom. The highest BCUT2D eigenvalue weighted by Crippen LogP contribution is 2.18. The number of hydrogen-bond donors (Lipinski definition) is 1. The van der Waals surface area contributed by atoms with Gasteiger partial charge >= 0.3 is 0 Å². The van der Waals surface area contributed by atoms with Gasteiger partial charge in [-0.25, -0.2) is 0 Å². The molecule has 1 aromatic heterocycles. The van der Waals surface area contributed by atoms with Crippen LogP contribution in [0.5, 0.6) is 0 Å². The second kappa shape index (κ2) is 6.17. The molecule has 96 valence electrons. The molecule has 0 spiro atoms. The Hall–Kier alpha value is -0.870. The molecule has 4 nitrogen and oxygen atoms in total. The molecule has 4 heteroatoms. The summed E-state index contributed by atoms with van der Waals surface area (Å²) in [7, 11) is 4.15. The van der Waals surface area contributed by atoms with Gasteiger partial charge in [0.05, 0.1) is 6.20 Å². The van der Waals surface area contributed by atoms with E-state index in [1.54, 1.807) is 0 Å². The Morgan fingerprint density at radius 3 is 2.94 bits per heavy atom. The fraction of sp³-hybridized carbons (Fsp3) is 0.769. The summed E-state index contributed by atoms with van der Waals surface area (Å²) in [5, 5.41) is 7.74. The molecule has 1 N–H and O–H groups in total. The fourth-order valence-corrected chi connectivity index (χ4v) is 2.04. The molecule has 0 radical (unpaired) electrons. The van der Waals surface area contributed by atoms with Gasteiger partial charge in [-0.2, -0.15) is 5.10 Å². The van der Waals surface area contributed by atoms with Crippen LogP contribution in [0.4, 0.5) is 0 Å². The van der Waals surface area contributed by atoms with E-state index in [1.165, 1.54) is 44.3 Å². The molecule has 1 aliphatic rings. The quantitative estimate of drug-likeness (QED) is 0.692. The zero-order valence-electron chi connectivity index (χ0n) is 11.0. The standard InChI is InChI=1S/C13H24N4/c1-16(10-12-9-15-17(2)11-12)8-4-3-7-14-13-5-6-13/h9,11,13-14H,3-8,10H2,1-2H3. The minimum atomic E-state index is 0.850. The zero-order chi connectivity index (χ0) is 12.1. The minimum Gasteiger partial charge on any atom is -0.314 e. The molecule has 0 bridgehead atoms. The number of unbranched alkanes of at least 4 members (excludes halogenated alkanes) is 1. The van der Waals surface area contributed by atoms with Crippen LogP contribution in [-0.2, 0) is 13.6 Å². The monoisotopic (exact) mass is 236 g/mol. The van der Waals surface area contributed by atoms with Gasteiger partial charge in [-0.05, 0) is 45.8 Å². The number of nitrogens with one attached hydrogen (secondary N) is 1. The number of hydrogen-bond acceptors (Lipinski definition) is 3. The van der Waals surface area contributed by atoms with Gasteiger partial charge < -0.3 is 10.2 Å². The van der Waals surface area contributed by atoms with Crippen molar-refractivity contribution < 1.29 is 0 Å². The summed E-state index contributed by atoms with van der Waals surface area (Å²) in [6.07, 6.45) is 9.38. The van der Waals surface area contributed by atoms with Crippen LogP contribution in [0.15, 0.2) is 12.4 Å². The summed E-state index contributed by atoms with van der Waals surface area (Å²) in [6, 6.07) is 0.850. The SMILES string of the molecule is CN(CCCCNC1CC1)Cc1cnn(C)c1. The van der Waals surface area contributed by atoms with E-state index in [1.807, 2.05) is 17.9 Å². The van der Waals surface area contributed by atoms with Crippen molar-refractivity contribution in [3.63, 3.8) is 0 Å². The Bertz CT molecular complexity index is 330. The van der Waals surface area contributed by atoms with Gasteiger partial charge in [-0.15, -0.1) is 0 Å². The summed E-state index contributed by atoms with van der Waals surface area (Å²) < 4.78 is 1.86. The van der Waals surface area contributed by atoms with Crippen LogP contribution in [0.1, 0.15) is 31.2 Å². The normalized spacial score (nSPS) is 15.7. The predicted octanol–water partition coefficient (Wildman–Crippen LogP) is 1.38. The third-order valence-corrected chi connectivity index (χ3v) is 3.19. The molecular weight excluding hydrogens is 212 g/mol. The maximum atomic E-state index is 4.19. The second-order valence-electron chi connectivity index (χ2n) is 5.20. The highest BCUT2D eigenvalue weighted by molar-refractivity contribution is 5.02. The highest BCUT2D eigenvalue weighted by Gasteiger charge is 2.19. The molecule has 0 atom stereocenters. The molecule has 1 saturated carbocycles. The number of aromatic nitrogens is 2. The zero-order valence-corrected chi connectivity index (χ0v) is 11.0. The molecule has 1 aromatic rings. The van der Waals surface area contributed by atoms with Crippen molar-refractivity contribution in [3.8, 4) is 0 Å². The van der Waals surface area contributed by atoms with Gasteiger partial charge in [-0.1, -0.05) is 0 Å². The Balaban J connectivity index is 1.52. The van der Waals surface area contributed by atoms with Gasteiger partial charge in [0.1, 0.15) is 0 Å².